The molecule has 2 N–H and O–H groups in total. The Labute approximate surface area is 109 Å². The number of rotatable bonds is 5. The molecule has 0 aliphatic carbocycles. The number of aromatic nitrogens is 1. The molecule has 2 heteroatoms. The Hall–Kier alpha value is -1.67. The van der Waals surface area contributed by atoms with Crippen LogP contribution in [0.2, 0.25) is 0 Å². The Morgan fingerprint density at radius 2 is 1.78 bits per heavy atom. The first-order chi connectivity index (χ1) is 8.77. The minimum absolute atomic E-state index is 0.153. The third-order valence-corrected chi connectivity index (χ3v) is 3.41. The van der Waals surface area contributed by atoms with Crippen molar-refractivity contribution in [1.82, 2.24) is 4.98 Å². The fraction of sp³-hybridized carbons (Fsp3) is 0.312. The lowest BCUT2D eigenvalue weighted by molar-refractivity contribution is 0.520. The molecule has 0 fully saturated rings. The van der Waals surface area contributed by atoms with E-state index in [1.165, 1.54) is 5.56 Å². The first-order valence-corrected chi connectivity index (χ1v) is 6.48. The van der Waals surface area contributed by atoms with E-state index in [1.807, 2.05) is 30.5 Å². The summed E-state index contributed by atoms with van der Waals surface area (Å²) < 4.78 is 0. The minimum Gasteiger partial charge on any atom is -0.327 e. The average molecular weight is 240 g/mol. The number of benzene rings is 1. The zero-order valence-corrected chi connectivity index (χ0v) is 10.8. The summed E-state index contributed by atoms with van der Waals surface area (Å²) >= 11 is 0. The predicted octanol–water partition coefficient (Wildman–Crippen LogP) is 3.15. The molecule has 2 nitrogen and oxygen atoms in total. The molecule has 0 aliphatic heterocycles. The lowest BCUT2D eigenvalue weighted by Crippen LogP contribution is -2.27. The van der Waals surface area contributed by atoms with Crippen molar-refractivity contribution in [2.24, 2.45) is 5.73 Å². The summed E-state index contributed by atoms with van der Waals surface area (Å²) in [7, 11) is 0. The molecule has 1 heterocycles. The van der Waals surface area contributed by atoms with Crippen molar-refractivity contribution in [1.29, 1.82) is 0 Å². The third kappa shape index (κ3) is 3.41. The Morgan fingerprint density at radius 3 is 2.44 bits per heavy atom. The molecule has 0 radical (unpaired) electrons. The molecule has 1 aromatic carbocycles. The van der Waals surface area contributed by atoms with Gasteiger partial charge in [0.2, 0.25) is 0 Å². The van der Waals surface area contributed by atoms with E-state index in [9.17, 15) is 0 Å². The van der Waals surface area contributed by atoms with Crippen LogP contribution < -0.4 is 5.73 Å². The molecular formula is C16H20N2. The molecule has 18 heavy (non-hydrogen) atoms. The first kappa shape index (κ1) is 12.8. The van der Waals surface area contributed by atoms with Gasteiger partial charge in [-0.25, -0.2) is 0 Å². The van der Waals surface area contributed by atoms with Crippen LogP contribution in [-0.4, -0.2) is 11.0 Å². The predicted molar refractivity (Wildman–Crippen MR) is 75.4 cm³/mol. The first-order valence-electron chi connectivity index (χ1n) is 6.48. The summed E-state index contributed by atoms with van der Waals surface area (Å²) in [5.74, 6) is 0.301. The normalized spacial score (nSPS) is 14.1. The molecule has 2 rings (SSSR count). The van der Waals surface area contributed by atoms with Gasteiger partial charge in [0.25, 0.3) is 0 Å². The standard InChI is InChI=1S/C16H20N2/c1-13(16-9-5-6-12-18-16)15(17)11-10-14-7-3-2-4-8-14/h2-9,12-13,15H,10-11,17H2,1H3. The Morgan fingerprint density at radius 1 is 1.06 bits per heavy atom. The SMILES string of the molecule is CC(c1ccccn1)C(N)CCc1ccccc1. The smallest absolute Gasteiger partial charge is 0.0447 e. The molecule has 0 amide bonds. The molecule has 2 aromatic rings. The van der Waals surface area contributed by atoms with E-state index in [-0.39, 0.29) is 6.04 Å². The summed E-state index contributed by atoms with van der Waals surface area (Å²) in [6, 6.07) is 16.6. The van der Waals surface area contributed by atoms with Crippen LogP contribution in [0.4, 0.5) is 0 Å². The van der Waals surface area contributed by atoms with Crippen molar-refractivity contribution in [2.75, 3.05) is 0 Å². The van der Waals surface area contributed by atoms with E-state index < -0.39 is 0 Å². The monoisotopic (exact) mass is 240 g/mol. The zero-order chi connectivity index (χ0) is 12.8. The van der Waals surface area contributed by atoms with Crippen LogP contribution in [0.5, 0.6) is 0 Å². The molecule has 0 aliphatic rings. The second kappa shape index (κ2) is 6.31. The largest absolute Gasteiger partial charge is 0.327 e. The fourth-order valence-electron chi connectivity index (χ4n) is 2.09. The van der Waals surface area contributed by atoms with Gasteiger partial charge < -0.3 is 5.73 Å². The highest BCUT2D eigenvalue weighted by Gasteiger charge is 2.15. The van der Waals surface area contributed by atoms with Gasteiger partial charge in [0.1, 0.15) is 0 Å². The highest BCUT2D eigenvalue weighted by atomic mass is 14.7. The zero-order valence-electron chi connectivity index (χ0n) is 10.8. The number of nitrogens with two attached hydrogens (primary N) is 1. The quantitative estimate of drug-likeness (QED) is 0.872. The number of pyridine rings is 1. The van der Waals surface area contributed by atoms with Gasteiger partial charge in [-0.15, -0.1) is 0 Å². The van der Waals surface area contributed by atoms with Gasteiger partial charge in [0.05, 0.1) is 0 Å². The van der Waals surface area contributed by atoms with Crippen LogP contribution in [0.3, 0.4) is 0 Å². The number of hydrogen-bond acceptors (Lipinski definition) is 2. The summed E-state index contributed by atoms with van der Waals surface area (Å²) in [5, 5.41) is 0. The number of hydrogen-bond donors (Lipinski definition) is 1. The summed E-state index contributed by atoms with van der Waals surface area (Å²) in [6.45, 7) is 2.15. The highest BCUT2D eigenvalue weighted by molar-refractivity contribution is 5.16. The van der Waals surface area contributed by atoms with Crippen molar-refractivity contribution in [3.63, 3.8) is 0 Å². The van der Waals surface area contributed by atoms with Crippen LogP contribution in [0.1, 0.15) is 30.5 Å². The van der Waals surface area contributed by atoms with E-state index in [2.05, 4.69) is 36.2 Å². The topological polar surface area (TPSA) is 38.9 Å². The molecule has 0 saturated carbocycles. The maximum Gasteiger partial charge on any atom is 0.0447 e. The van der Waals surface area contributed by atoms with E-state index in [4.69, 9.17) is 5.73 Å². The Bertz CT molecular complexity index is 453. The Kier molecular flexibility index (Phi) is 4.48. The molecule has 0 saturated heterocycles. The fourth-order valence-corrected chi connectivity index (χ4v) is 2.09. The summed E-state index contributed by atoms with van der Waals surface area (Å²) in [5.41, 5.74) is 8.69. The lowest BCUT2D eigenvalue weighted by atomic mass is 9.93. The van der Waals surface area contributed by atoms with Gasteiger partial charge in [-0.05, 0) is 30.5 Å². The summed E-state index contributed by atoms with van der Waals surface area (Å²) in [6.07, 6.45) is 3.84. The second-order valence-corrected chi connectivity index (χ2v) is 4.73. The van der Waals surface area contributed by atoms with Crippen molar-refractivity contribution >= 4 is 0 Å². The van der Waals surface area contributed by atoms with Crippen LogP contribution >= 0.6 is 0 Å². The maximum atomic E-state index is 6.26. The summed E-state index contributed by atoms with van der Waals surface area (Å²) in [4.78, 5) is 4.37. The molecule has 2 atom stereocenters. The van der Waals surface area contributed by atoms with Crippen molar-refractivity contribution in [3.05, 3.63) is 66.0 Å². The van der Waals surface area contributed by atoms with Crippen molar-refractivity contribution < 1.29 is 0 Å². The van der Waals surface area contributed by atoms with Gasteiger partial charge in [0.15, 0.2) is 0 Å². The number of nitrogens with zero attached hydrogens (tertiary/aromatic N) is 1. The maximum absolute atomic E-state index is 6.26. The van der Waals surface area contributed by atoms with Crippen LogP contribution in [0.25, 0.3) is 0 Å². The van der Waals surface area contributed by atoms with Gasteiger partial charge in [-0.1, -0.05) is 43.3 Å². The van der Waals surface area contributed by atoms with Crippen LogP contribution in [0.15, 0.2) is 54.7 Å². The van der Waals surface area contributed by atoms with E-state index in [1.54, 1.807) is 0 Å². The average Bonchev–Trinajstić information content (AvgIpc) is 2.46. The molecular weight excluding hydrogens is 220 g/mol. The van der Waals surface area contributed by atoms with Gasteiger partial charge >= 0.3 is 0 Å². The van der Waals surface area contributed by atoms with Crippen LogP contribution in [0, 0.1) is 0 Å². The number of aryl methyl sites for hydroxylation is 1. The second-order valence-electron chi connectivity index (χ2n) is 4.73. The molecule has 94 valence electrons. The van der Waals surface area contributed by atoms with E-state index in [0.717, 1.165) is 18.5 Å². The minimum atomic E-state index is 0.153. The molecule has 0 bridgehead atoms. The highest BCUT2D eigenvalue weighted by Crippen LogP contribution is 2.18. The van der Waals surface area contributed by atoms with Crippen LogP contribution in [-0.2, 0) is 6.42 Å². The third-order valence-electron chi connectivity index (χ3n) is 3.41. The van der Waals surface area contributed by atoms with Crippen molar-refractivity contribution in [3.8, 4) is 0 Å². The van der Waals surface area contributed by atoms with E-state index in [0.29, 0.717) is 5.92 Å². The van der Waals surface area contributed by atoms with Gasteiger partial charge in [-0.2, -0.15) is 0 Å². The van der Waals surface area contributed by atoms with Gasteiger partial charge in [0, 0.05) is 23.9 Å². The van der Waals surface area contributed by atoms with Gasteiger partial charge in [-0.3, -0.25) is 4.98 Å². The molecule has 2 unspecified atom stereocenters. The lowest BCUT2D eigenvalue weighted by Gasteiger charge is -2.19. The Balaban J connectivity index is 1.90. The molecule has 0 spiro atoms. The van der Waals surface area contributed by atoms with E-state index >= 15 is 0 Å². The molecule has 1 aromatic heterocycles. The van der Waals surface area contributed by atoms with Crippen molar-refractivity contribution in [2.45, 2.75) is 31.7 Å².